The van der Waals surface area contributed by atoms with Crippen molar-refractivity contribution in [3.63, 3.8) is 0 Å². The summed E-state index contributed by atoms with van der Waals surface area (Å²) < 4.78 is 2.41. The van der Waals surface area contributed by atoms with Crippen LogP contribution in [0, 0.1) is 6.92 Å². The third kappa shape index (κ3) is 3.20. The van der Waals surface area contributed by atoms with E-state index < -0.39 is 0 Å². The molecule has 0 aliphatic carbocycles. The molecule has 16 heavy (non-hydrogen) atoms. The second-order valence-electron chi connectivity index (χ2n) is 3.88. The van der Waals surface area contributed by atoms with Crippen molar-refractivity contribution in [1.29, 1.82) is 0 Å². The molecule has 1 rings (SSSR count). The summed E-state index contributed by atoms with van der Waals surface area (Å²) in [6, 6.07) is 1.77. The number of pyridine rings is 1. The monoisotopic (exact) mass is 286 g/mol. The standard InChI is InChI=1S/C11H15BrN2O2/c1-8-6-9(12)7-14(11(8)16)5-4-10(15)13(2)3/h6-7H,4-5H2,1-3H3. The number of hydrogen-bond donors (Lipinski definition) is 0. The normalized spacial score (nSPS) is 10.2. The van der Waals surface area contributed by atoms with Crippen LogP contribution in [0.15, 0.2) is 21.5 Å². The summed E-state index contributed by atoms with van der Waals surface area (Å²) in [6.07, 6.45) is 2.04. The minimum Gasteiger partial charge on any atom is -0.349 e. The van der Waals surface area contributed by atoms with Gasteiger partial charge in [-0.2, -0.15) is 0 Å². The van der Waals surface area contributed by atoms with Gasteiger partial charge in [-0.25, -0.2) is 0 Å². The minimum atomic E-state index is -0.0465. The number of carbonyl (C=O) groups excluding carboxylic acids is 1. The molecule has 1 heterocycles. The molecular weight excluding hydrogens is 272 g/mol. The maximum absolute atomic E-state index is 11.7. The Bertz CT molecular complexity index is 452. The molecule has 5 heteroatoms. The van der Waals surface area contributed by atoms with Crippen LogP contribution in [0.4, 0.5) is 0 Å². The van der Waals surface area contributed by atoms with Crippen molar-refractivity contribution in [2.24, 2.45) is 0 Å². The van der Waals surface area contributed by atoms with E-state index in [2.05, 4.69) is 15.9 Å². The zero-order valence-electron chi connectivity index (χ0n) is 9.66. The molecule has 0 saturated heterocycles. The lowest BCUT2D eigenvalue weighted by atomic mass is 10.3. The maximum atomic E-state index is 11.7. The van der Waals surface area contributed by atoms with Crippen LogP contribution in [0.25, 0.3) is 0 Å². The zero-order chi connectivity index (χ0) is 12.3. The summed E-state index contributed by atoms with van der Waals surface area (Å²) in [5.74, 6) is 0.0181. The first-order valence-corrected chi connectivity index (χ1v) is 5.78. The van der Waals surface area contributed by atoms with Gasteiger partial charge in [0.25, 0.3) is 5.56 Å². The summed E-state index contributed by atoms with van der Waals surface area (Å²) >= 11 is 3.33. The van der Waals surface area contributed by atoms with Crippen molar-refractivity contribution in [2.45, 2.75) is 19.9 Å². The van der Waals surface area contributed by atoms with E-state index in [1.165, 1.54) is 4.90 Å². The number of nitrogens with zero attached hydrogens (tertiary/aromatic N) is 2. The van der Waals surface area contributed by atoms with Crippen LogP contribution >= 0.6 is 15.9 Å². The molecule has 0 N–H and O–H groups in total. The molecule has 0 unspecified atom stereocenters. The second kappa shape index (κ2) is 5.30. The molecule has 0 aliphatic rings. The SMILES string of the molecule is Cc1cc(Br)cn(CCC(=O)N(C)C)c1=O. The van der Waals surface area contributed by atoms with E-state index in [0.717, 1.165) is 4.47 Å². The van der Waals surface area contributed by atoms with Crippen molar-refractivity contribution in [3.8, 4) is 0 Å². The van der Waals surface area contributed by atoms with Crippen LogP contribution in [0.1, 0.15) is 12.0 Å². The van der Waals surface area contributed by atoms with Crippen LogP contribution in [0.3, 0.4) is 0 Å². The fourth-order valence-electron chi connectivity index (χ4n) is 1.35. The van der Waals surface area contributed by atoms with Crippen molar-refractivity contribution in [3.05, 3.63) is 32.7 Å². The van der Waals surface area contributed by atoms with Gasteiger partial charge in [0.05, 0.1) is 0 Å². The number of halogens is 1. The largest absolute Gasteiger partial charge is 0.349 e. The highest BCUT2D eigenvalue weighted by molar-refractivity contribution is 9.10. The quantitative estimate of drug-likeness (QED) is 0.843. The topological polar surface area (TPSA) is 42.3 Å². The van der Waals surface area contributed by atoms with Crippen LogP contribution in [0.2, 0.25) is 0 Å². The molecule has 1 aromatic rings. The Morgan fingerprint density at radius 3 is 2.69 bits per heavy atom. The highest BCUT2D eigenvalue weighted by atomic mass is 79.9. The number of amides is 1. The predicted molar refractivity (Wildman–Crippen MR) is 66.5 cm³/mol. The van der Waals surface area contributed by atoms with Gasteiger partial charge in [0, 0.05) is 43.3 Å². The van der Waals surface area contributed by atoms with E-state index in [1.807, 2.05) is 0 Å². The summed E-state index contributed by atoms with van der Waals surface area (Å²) in [4.78, 5) is 24.6. The number of rotatable bonds is 3. The van der Waals surface area contributed by atoms with Crippen molar-refractivity contribution in [2.75, 3.05) is 14.1 Å². The first kappa shape index (κ1) is 13.0. The number of carbonyl (C=O) groups is 1. The smallest absolute Gasteiger partial charge is 0.253 e. The molecular formula is C11H15BrN2O2. The van der Waals surface area contributed by atoms with Gasteiger partial charge in [0.15, 0.2) is 0 Å². The molecule has 1 amide bonds. The Morgan fingerprint density at radius 1 is 1.50 bits per heavy atom. The first-order valence-electron chi connectivity index (χ1n) is 4.98. The van der Waals surface area contributed by atoms with Gasteiger partial charge >= 0.3 is 0 Å². The third-order valence-corrected chi connectivity index (χ3v) is 2.73. The predicted octanol–water partition coefficient (Wildman–Crippen LogP) is 1.40. The molecule has 0 radical (unpaired) electrons. The first-order chi connectivity index (χ1) is 7.41. The van der Waals surface area contributed by atoms with Crippen LogP contribution in [0.5, 0.6) is 0 Å². The molecule has 0 saturated carbocycles. The Hall–Kier alpha value is -1.10. The van der Waals surface area contributed by atoms with E-state index in [0.29, 0.717) is 18.5 Å². The van der Waals surface area contributed by atoms with Crippen molar-refractivity contribution in [1.82, 2.24) is 9.47 Å². The van der Waals surface area contributed by atoms with E-state index in [-0.39, 0.29) is 11.5 Å². The molecule has 0 bridgehead atoms. The van der Waals surface area contributed by atoms with Gasteiger partial charge in [-0.15, -0.1) is 0 Å². The zero-order valence-corrected chi connectivity index (χ0v) is 11.2. The molecule has 0 fully saturated rings. The summed E-state index contributed by atoms with van der Waals surface area (Å²) in [7, 11) is 3.41. The lowest BCUT2D eigenvalue weighted by Crippen LogP contribution is -2.27. The number of aromatic nitrogens is 1. The fraction of sp³-hybridized carbons (Fsp3) is 0.455. The van der Waals surface area contributed by atoms with Crippen LogP contribution in [-0.4, -0.2) is 29.5 Å². The number of hydrogen-bond acceptors (Lipinski definition) is 2. The molecule has 0 aromatic carbocycles. The Balaban J connectivity index is 2.82. The Labute approximate surface area is 103 Å². The lowest BCUT2D eigenvalue weighted by molar-refractivity contribution is -0.128. The van der Waals surface area contributed by atoms with Crippen molar-refractivity contribution < 1.29 is 4.79 Å². The van der Waals surface area contributed by atoms with Crippen molar-refractivity contribution >= 4 is 21.8 Å². The fourth-order valence-corrected chi connectivity index (χ4v) is 1.94. The lowest BCUT2D eigenvalue weighted by Gasteiger charge is -2.11. The van der Waals surface area contributed by atoms with Gasteiger partial charge in [-0.1, -0.05) is 0 Å². The van der Waals surface area contributed by atoms with Gasteiger partial charge in [0.1, 0.15) is 0 Å². The minimum absolute atomic E-state index is 0.0181. The van der Waals surface area contributed by atoms with Crippen LogP contribution < -0.4 is 5.56 Å². The average Bonchev–Trinajstić information content (AvgIpc) is 2.20. The third-order valence-electron chi connectivity index (χ3n) is 2.30. The highest BCUT2D eigenvalue weighted by Crippen LogP contribution is 2.08. The molecule has 88 valence electrons. The Kier molecular flexibility index (Phi) is 4.29. The van der Waals surface area contributed by atoms with Gasteiger partial charge in [-0.3, -0.25) is 9.59 Å². The van der Waals surface area contributed by atoms with E-state index in [1.54, 1.807) is 37.8 Å². The average molecular weight is 287 g/mol. The van der Waals surface area contributed by atoms with E-state index in [4.69, 9.17) is 0 Å². The summed E-state index contributed by atoms with van der Waals surface area (Å²) in [5, 5.41) is 0. The van der Waals surface area contributed by atoms with E-state index >= 15 is 0 Å². The van der Waals surface area contributed by atoms with Gasteiger partial charge in [0.2, 0.25) is 5.91 Å². The van der Waals surface area contributed by atoms with Gasteiger partial charge in [-0.05, 0) is 28.9 Å². The van der Waals surface area contributed by atoms with Gasteiger partial charge < -0.3 is 9.47 Å². The highest BCUT2D eigenvalue weighted by Gasteiger charge is 2.06. The second-order valence-corrected chi connectivity index (χ2v) is 4.79. The number of aryl methyl sites for hydroxylation is 2. The molecule has 0 spiro atoms. The Morgan fingerprint density at radius 2 is 2.12 bits per heavy atom. The molecule has 0 aliphatic heterocycles. The molecule has 0 atom stereocenters. The summed E-state index contributed by atoms with van der Waals surface area (Å²) in [5.41, 5.74) is 0.626. The van der Waals surface area contributed by atoms with Crippen LogP contribution in [-0.2, 0) is 11.3 Å². The maximum Gasteiger partial charge on any atom is 0.253 e. The molecule has 4 nitrogen and oxygen atoms in total. The summed E-state index contributed by atoms with van der Waals surface area (Å²) in [6.45, 7) is 2.17. The van der Waals surface area contributed by atoms with E-state index in [9.17, 15) is 9.59 Å². The molecule has 1 aromatic heterocycles.